The number of anilines is 1. The summed E-state index contributed by atoms with van der Waals surface area (Å²) < 4.78 is 0. The summed E-state index contributed by atoms with van der Waals surface area (Å²) in [5.41, 5.74) is 7.13. The number of amides is 1. The zero-order valence-electron chi connectivity index (χ0n) is 11.9. The molecule has 1 saturated carbocycles. The monoisotopic (exact) mass is 293 g/mol. The van der Waals surface area contributed by atoms with E-state index < -0.39 is 0 Å². The lowest BCUT2D eigenvalue weighted by molar-refractivity contribution is -0.120. The molecule has 3 N–H and O–H groups in total. The highest BCUT2D eigenvalue weighted by Gasteiger charge is 2.23. The molecule has 2 aliphatic carbocycles. The van der Waals surface area contributed by atoms with Gasteiger partial charge in [0.15, 0.2) is 5.13 Å². The molecule has 0 unspecified atom stereocenters. The molecule has 1 aromatic rings. The fourth-order valence-electron chi connectivity index (χ4n) is 3.20. The number of rotatable bonds is 2. The van der Waals surface area contributed by atoms with E-state index in [1.165, 1.54) is 30.6 Å². The number of hydrogen-bond acceptors (Lipinski definition) is 4. The largest absolute Gasteiger partial charge is 0.327 e. The third-order valence-electron chi connectivity index (χ3n) is 4.43. The van der Waals surface area contributed by atoms with Crippen LogP contribution in [0.15, 0.2) is 0 Å². The third-order valence-corrected chi connectivity index (χ3v) is 5.47. The van der Waals surface area contributed by atoms with Gasteiger partial charge in [-0.3, -0.25) is 4.79 Å². The zero-order chi connectivity index (χ0) is 13.9. The lowest BCUT2D eigenvalue weighted by Crippen LogP contribution is -2.27. The molecule has 3 rings (SSSR count). The Kier molecular flexibility index (Phi) is 4.36. The topological polar surface area (TPSA) is 68.0 Å². The molecule has 0 bridgehead atoms. The number of nitrogens with one attached hydrogen (secondary N) is 1. The standard InChI is InChI=1S/C15H23N3OS/c16-11-7-8-12-13(9-11)20-15(17-12)18-14(19)10-5-3-1-2-4-6-10/h10-11H,1-9,16H2,(H,17,18,19)/t11-/m0/s1. The van der Waals surface area contributed by atoms with Crippen molar-refractivity contribution < 1.29 is 4.79 Å². The first-order valence-electron chi connectivity index (χ1n) is 7.77. The summed E-state index contributed by atoms with van der Waals surface area (Å²) >= 11 is 1.61. The van der Waals surface area contributed by atoms with E-state index in [9.17, 15) is 4.79 Å². The predicted octanol–water partition coefficient (Wildman–Crippen LogP) is 2.87. The first kappa shape index (κ1) is 14.0. The smallest absolute Gasteiger partial charge is 0.229 e. The van der Waals surface area contributed by atoms with Gasteiger partial charge in [0.05, 0.1) is 5.69 Å². The van der Waals surface area contributed by atoms with E-state index in [1.54, 1.807) is 11.3 Å². The Balaban J connectivity index is 1.64. The van der Waals surface area contributed by atoms with Crippen LogP contribution in [-0.4, -0.2) is 16.9 Å². The SMILES string of the molecule is N[C@H]1CCc2nc(NC(=O)C3CCCCCC3)sc2C1. The molecular weight excluding hydrogens is 270 g/mol. The Morgan fingerprint density at radius 3 is 2.70 bits per heavy atom. The van der Waals surface area contributed by atoms with Gasteiger partial charge in [-0.1, -0.05) is 25.7 Å². The minimum Gasteiger partial charge on any atom is -0.327 e. The molecule has 110 valence electrons. The Hall–Kier alpha value is -0.940. The van der Waals surface area contributed by atoms with Gasteiger partial charge in [-0.15, -0.1) is 11.3 Å². The molecule has 1 aromatic heterocycles. The first-order chi connectivity index (χ1) is 9.72. The van der Waals surface area contributed by atoms with E-state index in [2.05, 4.69) is 10.3 Å². The molecule has 0 radical (unpaired) electrons. The van der Waals surface area contributed by atoms with E-state index in [4.69, 9.17) is 5.73 Å². The van der Waals surface area contributed by atoms with Gasteiger partial charge in [0.25, 0.3) is 0 Å². The van der Waals surface area contributed by atoms with E-state index in [0.717, 1.165) is 42.9 Å². The van der Waals surface area contributed by atoms with Crippen molar-refractivity contribution in [1.82, 2.24) is 4.98 Å². The van der Waals surface area contributed by atoms with Gasteiger partial charge in [-0.25, -0.2) is 4.98 Å². The maximum Gasteiger partial charge on any atom is 0.229 e. The van der Waals surface area contributed by atoms with Crippen molar-refractivity contribution in [3.8, 4) is 0 Å². The third kappa shape index (κ3) is 3.20. The Morgan fingerprint density at radius 2 is 1.95 bits per heavy atom. The summed E-state index contributed by atoms with van der Waals surface area (Å²) in [6.45, 7) is 0. The number of fused-ring (bicyclic) bond motifs is 1. The van der Waals surface area contributed by atoms with Crippen LogP contribution in [0, 0.1) is 5.92 Å². The lowest BCUT2D eigenvalue weighted by Gasteiger charge is -2.15. The summed E-state index contributed by atoms with van der Waals surface area (Å²) in [6.07, 6.45) is 9.83. The number of aryl methyl sites for hydroxylation is 1. The van der Waals surface area contributed by atoms with Crippen molar-refractivity contribution in [1.29, 1.82) is 0 Å². The Labute approximate surface area is 124 Å². The summed E-state index contributed by atoms with van der Waals surface area (Å²) in [6, 6.07) is 0.258. The van der Waals surface area contributed by atoms with Crippen LogP contribution in [0.1, 0.15) is 55.5 Å². The quantitative estimate of drug-likeness (QED) is 0.824. The molecule has 1 amide bonds. The number of nitrogens with two attached hydrogens (primary N) is 1. The molecule has 2 aliphatic rings. The van der Waals surface area contributed by atoms with Crippen LogP contribution in [0.25, 0.3) is 0 Å². The Morgan fingerprint density at radius 1 is 1.20 bits per heavy atom. The van der Waals surface area contributed by atoms with Gasteiger partial charge in [0.1, 0.15) is 0 Å². The lowest BCUT2D eigenvalue weighted by atomic mass is 9.99. The van der Waals surface area contributed by atoms with Crippen LogP contribution in [-0.2, 0) is 17.6 Å². The molecule has 1 atom stereocenters. The van der Waals surface area contributed by atoms with Crippen molar-refractivity contribution >= 4 is 22.4 Å². The predicted molar refractivity (Wildman–Crippen MR) is 81.9 cm³/mol. The molecule has 0 aliphatic heterocycles. The highest BCUT2D eigenvalue weighted by atomic mass is 32.1. The second-order valence-corrected chi connectivity index (χ2v) is 7.15. The molecular formula is C15H23N3OS. The van der Waals surface area contributed by atoms with Crippen LogP contribution in [0.4, 0.5) is 5.13 Å². The van der Waals surface area contributed by atoms with Crippen molar-refractivity contribution in [2.75, 3.05) is 5.32 Å². The second-order valence-electron chi connectivity index (χ2n) is 6.07. The second kappa shape index (κ2) is 6.22. The molecule has 4 nitrogen and oxygen atoms in total. The summed E-state index contributed by atoms with van der Waals surface area (Å²) in [5, 5.41) is 3.82. The van der Waals surface area contributed by atoms with Gasteiger partial charge < -0.3 is 11.1 Å². The van der Waals surface area contributed by atoms with Gasteiger partial charge >= 0.3 is 0 Å². The maximum absolute atomic E-state index is 12.3. The average molecular weight is 293 g/mol. The number of nitrogens with zero attached hydrogens (tertiary/aromatic N) is 1. The summed E-state index contributed by atoms with van der Waals surface area (Å²) in [4.78, 5) is 18.2. The fourth-order valence-corrected chi connectivity index (χ4v) is 4.31. The highest BCUT2D eigenvalue weighted by molar-refractivity contribution is 7.15. The molecule has 5 heteroatoms. The Bertz CT molecular complexity index is 477. The van der Waals surface area contributed by atoms with Crippen LogP contribution < -0.4 is 11.1 Å². The maximum atomic E-state index is 12.3. The average Bonchev–Trinajstić information content (AvgIpc) is 2.64. The van der Waals surface area contributed by atoms with Gasteiger partial charge in [-0.05, 0) is 32.1 Å². The van der Waals surface area contributed by atoms with E-state index in [1.807, 2.05) is 0 Å². The van der Waals surface area contributed by atoms with Crippen molar-refractivity contribution in [3.63, 3.8) is 0 Å². The fraction of sp³-hybridized carbons (Fsp3) is 0.733. The van der Waals surface area contributed by atoms with Gasteiger partial charge in [-0.2, -0.15) is 0 Å². The molecule has 0 saturated heterocycles. The first-order valence-corrected chi connectivity index (χ1v) is 8.59. The number of carbonyl (C=O) groups is 1. The van der Waals surface area contributed by atoms with Crippen LogP contribution in [0.2, 0.25) is 0 Å². The number of aromatic nitrogens is 1. The molecule has 1 fully saturated rings. The van der Waals surface area contributed by atoms with Crippen LogP contribution in [0.3, 0.4) is 0 Å². The minimum absolute atomic E-state index is 0.169. The van der Waals surface area contributed by atoms with E-state index in [0.29, 0.717) is 0 Å². The molecule has 0 spiro atoms. The summed E-state index contributed by atoms with van der Waals surface area (Å²) in [7, 11) is 0. The van der Waals surface area contributed by atoms with E-state index in [-0.39, 0.29) is 17.9 Å². The molecule has 0 aromatic carbocycles. The van der Waals surface area contributed by atoms with Crippen molar-refractivity contribution in [3.05, 3.63) is 10.6 Å². The molecule has 20 heavy (non-hydrogen) atoms. The molecule has 1 heterocycles. The van der Waals surface area contributed by atoms with Gasteiger partial charge in [0, 0.05) is 16.8 Å². The summed E-state index contributed by atoms with van der Waals surface area (Å²) in [5.74, 6) is 0.350. The van der Waals surface area contributed by atoms with Crippen molar-refractivity contribution in [2.24, 2.45) is 11.7 Å². The normalized spacial score (nSPS) is 23.9. The highest BCUT2D eigenvalue weighted by Crippen LogP contribution is 2.30. The van der Waals surface area contributed by atoms with Crippen molar-refractivity contribution in [2.45, 2.75) is 63.8 Å². The number of thiazole rings is 1. The number of hydrogen-bond donors (Lipinski definition) is 2. The number of carbonyl (C=O) groups excluding carboxylic acids is 1. The van der Waals surface area contributed by atoms with Crippen LogP contribution in [0.5, 0.6) is 0 Å². The van der Waals surface area contributed by atoms with Gasteiger partial charge in [0.2, 0.25) is 5.91 Å². The zero-order valence-corrected chi connectivity index (χ0v) is 12.7. The minimum atomic E-state index is 0.169. The van der Waals surface area contributed by atoms with Crippen LogP contribution >= 0.6 is 11.3 Å². The van der Waals surface area contributed by atoms with E-state index >= 15 is 0 Å².